The van der Waals surface area contributed by atoms with Crippen LogP contribution >= 0.6 is 0 Å². The number of benzene rings is 1. The number of nitrogens with one attached hydrogen (secondary N) is 1. The molecule has 23 heavy (non-hydrogen) atoms. The van der Waals surface area contributed by atoms with E-state index < -0.39 is 9.84 Å². The van der Waals surface area contributed by atoms with Gasteiger partial charge in [0.15, 0.2) is 9.84 Å². The fourth-order valence-corrected chi connectivity index (χ4v) is 2.91. The molecule has 0 aliphatic rings. The first-order valence-electron chi connectivity index (χ1n) is 7.12. The number of hydrogen-bond donors (Lipinski definition) is 1. The van der Waals surface area contributed by atoms with Crippen LogP contribution in [0, 0.1) is 0 Å². The van der Waals surface area contributed by atoms with Crippen LogP contribution in [0.25, 0.3) is 10.9 Å². The molecule has 3 rings (SSSR count). The number of rotatable bonds is 5. The third-order valence-corrected chi connectivity index (χ3v) is 4.54. The van der Waals surface area contributed by atoms with Crippen LogP contribution in [0.1, 0.15) is 5.69 Å². The Morgan fingerprint density at radius 1 is 1.09 bits per heavy atom. The molecular formula is C16H16N4O2S. The Hall–Kier alpha value is -2.54. The third kappa shape index (κ3) is 3.62. The second-order valence-corrected chi connectivity index (χ2v) is 7.19. The van der Waals surface area contributed by atoms with Crippen molar-refractivity contribution in [2.24, 2.45) is 0 Å². The molecule has 0 bridgehead atoms. The summed E-state index contributed by atoms with van der Waals surface area (Å²) in [6.07, 6.45) is 5.16. The van der Waals surface area contributed by atoms with Crippen molar-refractivity contribution in [3.05, 3.63) is 54.6 Å². The molecule has 0 aliphatic heterocycles. The number of aromatic nitrogens is 3. The van der Waals surface area contributed by atoms with Gasteiger partial charge in [-0.05, 0) is 30.3 Å². The number of sulfone groups is 1. The molecule has 0 fully saturated rings. The predicted octanol–water partition coefficient (Wildman–Crippen LogP) is 2.08. The van der Waals surface area contributed by atoms with E-state index in [-0.39, 0.29) is 4.90 Å². The average Bonchev–Trinajstić information content (AvgIpc) is 2.55. The molecule has 0 saturated heterocycles. The van der Waals surface area contributed by atoms with Gasteiger partial charge in [-0.25, -0.2) is 18.4 Å². The predicted molar refractivity (Wildman–Crippen MR) is 89.1 cm³/mol. The van der Waals surface area contributed by atoms with E-state index in [1.165, 1.54) is 12.6 Å². The van der Waals surface area contributed by atoms with Crippen molar-refractivity contribution in [3.8, 4) is 0 Å². The molecule has 118 valence electrons. The van der Waals surface area contributed by atoms with E-state index in [0.29, 0.717) is 23.3 Å². The summed E-state index contributed by atoms with van der Waals surface area (Å²) in [6, 6.07) is 10.6. The van der Waals surface area contributed by atoms with Crippen LogP contribution in [0.15, 0.2) is 53.8 Å². The maximum atomic E-state index is 11.7. The van der Waals surface area contributed by atoms with E-state index in [4.69, 9.17) is 0 Å². The largest absolute Gasteiger partial charge is 0.369 e. The quantitative estimate of drug-likeness (QED) is 0.772. The van der Waals surface area contributed by atoms with Crippen molar-refractivity contribution in [2.45, 2.75) is 11.3 Å². The molecule has 1 N–H and O–H groups in total. The Bertz CT molecular complexity index is 927. The zero-order valence-corrected chi connectivity index (χ0v) is 13.4. The van der Waals surface area contributed by atoms with Crippen molar-refractivity contribution in [1.29, 1.82) is 0 Å². The second kappa shape index (κ2) is 6.29. The first-order chi connectivity index (χ1) is 11.0. The molecule has 2 aromatic heterocycles. The van der Waals surface area contributed by atoms with Gasteiger partial charge < -0.3 is 5.32 Å². The molecule has 0 amide bonds. The highest BCUT2D eigenvalue weighted by Gasteiger charge is 2.10. The van der Waals surface area contributed by atoms with Crippen LogP contribution in [0.5, 0.6) is 0 Å². The maximum absolute atomic E-state index is 11.7. The van der Waals surface area contributed by atoms with Crippen molar-refractivity contribution in [1.82, 2.24) is 15.0 Å². The zero-order valence-electron chi connectivity index (χ0n) is 12.6. The van der Waals surface area contributed by atoms with Gasteiger partial charge in [-0.3, -0.25) is 4.98 Å². The molecule has 0 saturated carbocycles. The summed E-state index contributed by atoms with van der Waals surface area (Å²) in [5.74, 6) is 0.622. The smallest absolute Gasteiger partial charge is 0.175 e. The van der Waals surface area contributed by atoms with E-state index in [1.807, 2.05) is 18.2 Å². The van der Waals surface area contributed by atoms with Gasteiger partial charge in [0.05, 0.1) is 10.4 Å². The van der Waals surface area contributed by atoms with Gasteiger partial charge in [0, 0.05) is 36.5 Å². The summed E-state index contributed by atoms with van der Waals surface area (Å²) in [5, 5.41) is 3.92. The fraction of sp³-hybridized carbons (Fsp3) is 0.188. The third-order valence-electron chi connectivity index (χ3n) is 3.43. The van der Waals surface area contributed by atoms with Gasteiger partial charge in [-0.1, -0.05) is 6.07 Å². The average molecular weight is 328 g/mol. The highest BCUT2D eigenvalue weighted by Crippen LogP contribution is 2.22. The van der Waals surface area contributed by atoms with Gasteiger partial charge in [0.25, 0.3) is 0 Å². The van der Waals surface area contributed by atoms with Gasteiger partial charge >= 0.3 is 0 Å². The Morgan fingerprint density at radius 3 is 2.70 bits per heavy atom. The summed E-state index contributed by atoms with van der Waals surface area (Å²) in [4.78, 5) is 12.9. The molecule has 2 heterocycles. The van der Waals surface area contributed by atoms with E-state index in [9.17, 15) is 8.42 Å². The summed E-state index contributed by atoms with van der Waals surface area (Å²) in [5.41, 5.74) is 1.68. The first-order valence-corrected chi connectivity index (χ1v) is 9.02. The van der Waals surface area contributed by atoms with Crippen LogP contribution in [0.2, 0.25) is 0 Å². The lowest BCUT2D eigenvalue weighted by atomic mass is 10.2. The molecule has 0 spiro atoms. The van der Waals surface area contributed by atoms with Gasteiger partial charge in [-0.2, -0.15) is 0 Å². The van der Waals surface area contributed by atoms with Crippen molar-refractivity contribution >= 4 is 26.6 Å². The van der Waals surface area contributed by atoms with E-state index in [1.54, 1.807) is 24.4 Å². The van der Waals surface area contributed by atoms with Crippen molar-refractivity contribution < 1.29 is 8.42 Å². The van der Waals surface area contributed by atoms with Gasteiger partial charge in [-0.15, -0.1) is 0 Å². The van der Waals surface area contributed by atoms with E-state index in [0.717, 1.165) is 12.1 Å². The molecular weight excluding hydrogens is 312 g/mol. The number of nitrogens with zero attached hydrogens (tertiary/aromatic N) is 3. The number of fused-ring (bicyclic) bond motifs is 1. The molecule has 0 radical (unpaired) electrons. The number of hydrogen-bond acceptors (Lipinski definition) is 6. The van der Waals surface area contributed by atoms with Crippen molar-refractivity contribution in [3.63, 3.8) is 0 Å². The standard InChI is InChI=1S/C16H16N4O2S/c1-23(21,22)13-5-6-15-14(10-13)16(20-11-19-15)18-9-7-12-4-2-3-8-17-12/h2-6,8,10-11H,7,9H2,1H3,(H,18,19,20). The minimum absolute atomic E-state index is 0.257. The Morgan fingerprint density at radius 2 is 1.96 bits per heavy atom. The molecule has 0 aliphatic carbocycles. The van der Waals surface area contributed by atoms with E-state index in [2.05, 4.69) is 20.3 Å². The second-order valence-electron chi connectivity index (χ2n) is 5.17. The zero-order chi connectivity index (χ0) is 16.3. The Labute approximate surface area is 134 Å². The van der Waals surface area contributed by atoms with Crippen molar-refractivity contribution in [2.75, 3.05) is 18.1 Å². The molecule has 7 heteroatoms. The summed E-state index contributed by atoms with van der Waals surface area (Å²) in [6.45, 7) is 0.645. The SMILES string of the molecule is CS(=O)(=O)c1ccc2ncnc(NCCc3ccccn3)c2c1. The van der Waals surface area contributed by atoms with Crippen LogP contribution < -0.4 is 5.32 Å². The lowest BCUT2D eigenvalue weighted by Crippen LogP contribution is -2.08. The van der Waals surface area contributed by atoms with Crippen LogP contribution in [-0.4, -0.2) is 36.2 Å². The van der Waals surface area contributed by atoms with Gasteiger partial charge in [0.2, 0.25) is 0 Å². The topological polar surface area (TPSA) is 84.8 Å². The van der Waals surface area contributed by atoms with Crippen LogP contribution in [0.4, 0.5) is 5.82 Å². The number of pyridine rings is 1. The lowest BCUT2D eigenvalue weighted by Gasteiger charge is -2.09. The minimum Gasteiger partial charge on any atom is -0.369 e. The highest BCUT2D eigenvalue weighted by atomic mass is 32.2. The van der Waals surface area contributed by atoms with Crippen LogP contribution in [-0.2, 0) is 16.3 Å². The first kappa shape index (κ1) is 15.4. The molecule has 0 atom stereocenters. The lowest BCUT2D eigenvalue weighted by molar-refractivity contribution is 0.602. The number of anilines is 1. The monoisotopic (exact) mass is 328 g/mol. The molecule has 6 nitrogen and oxygen atoms in total. The fourth-order valence-electron chi connectivity index (χ4n) is 2.26. The summed E-state index contributed by atoms with van der Waals surface area (Å²) in [7, 11) is -3.27. The molecule has 1 aromatic carbocycles. The van der Waals surface area contributed by atoms with E-state index >= 15 is 0 Å². The molecule has 0 unspecified atom stereocenters. The summed E-state index contributed by atoms with van der Waals surface area (Å²) >= 11 is 0. The van der Waals surface area contributed by atoms with Gasteiger partial charge in [0.1, 0.15) is 12.1 Å². The maximum Gasteiger partial charge on any atom is 0.175 e. The van der Waals surface area contributed by atoms with Crippen LogP contribution in [0.3, 0.4) is 0 Å². The Kier molecular flexibility index (Phi) is 4.20. The minimum atomic E-state index is -3.27. The molecule has 3 aromatic rings. The Balaban J connectivity index is 1.85. The normalized spacial score (nSPS) is 11.5. The highest BCUT2D eigenvalue weighted by molar-refractivity contribution is 7.90. The summed E-state index contributed by atoms with van der Waals surface area (Å²) < 4.78 is 23.4.